The van der Waals surface area contributed by atoms with Crippen molar-refractivity contribution in [1.82, 2.24) is 4.90 Å². The van der Waals surface area contributed by atoms with Gasteiger partial charge < -0.3 is 9.64 Å². The van der Waals surface area contributed by atoms with Crippen LogP contribution in [-0.4, -0.2) is 38.3 Å². The van der Waals surface area contributed by atoms with Gasteiger partial charge in [0.25, 0.3) is 0 Å². The molecule has 0 aromatic rings. The van der Waals surface area contributed by atoms with Crippen LogP contribution in [0.3, 0.4) is 0 Å². The zero-order valence-corrected chi connectivity index (χ0v) is 12.5. The first kappa shape index (κ1) is 16.9. The van der Waals surface area contributed by atoms with Crippen LogP contribution in [-0.2, 0) is 4.74 Å². The summed E-state index contributed by atoms with van der Waals surface area (Å²) in [5.41, 5.74) is 0. The summed E-state index contributed by atoms with van der Waals surface area (Å²) in [5.74, 6) is 0.837. The fourth-order valence-corrected chi connectivity index (χ4v) is 1.94. The smallest absolute Gasteiger partial charge is 0.0466 e. The molecule has 0 rings (SSSR count). The summed E-state index contributed by atoms with van der Waals surface area (Å²) in [5, 5.41) is 0. The quantitative estimate of drug-likeness (QED) is 0.481. The maximum atomic E-state index is 5.64. The summed E-state index contributed by atoms with van der Waals surface area (Å²) in [6, 6.07) is 0. The lowest BCUT2D eigenvalue weighted by Gasteiger charge is -2.14. The van der Waals surface area contributed by atoms with Crippen molar-refractivity contribution in [3.8, 4) is 0 Å². The molecular weight excluding hydrogens is 210 g/mol. The van der Waals surface area contributed by atoms with E-state index in [1.54, 1.807) is 0 Å². The SMILES string of the molecule is CCCN(C)CCCCOCCCCC(C)C. The van der Waals surface area contributed by atoms with Crippen molar-refractivity contribution in [2.75, 3.05) is 33.4 Å². The summed E-state index contributed by atoms with van der Waals surface area (Å²) in [6.07, 6.45) is 7.61. The minimum atomic E-state index is 0.837. The molecule has 0 atom stereocenters. The van der Waals surface area contributed by atoms with Gasteiger partial charge in [-0.05, 0) is 51.7 Å². The Bertz CT molecular complexity index is 148. The van der Waals surface area contributed by atoms with E-state index in [2.05, 4.69) is 32.7 Å². The second-order valence-electron chi connectivity index (χ2n) is 5.51. The van der Waals surface area contributed by atoms with Gasteiger partial charge in [0.15, 0.2) is 0 Å². The molecule has 2 nitrogen and oxygen atoms in total. The van der Waals surface area contributed by atoms with E-state index in [1.807, 2.05) is 0 Å². The first-order valence-electron chi connectivity index (χ1n) is 7.43. The molecule has 0 unspecified atom stereocenters. The molecule has 0 aliphatic heterocycles. The Balaban J connectivity index is 3.03. The average molecular weight is 243 g/mol. The lowest BCUT2D eigenvalue weighted by atomic mass is 10.1. The Kier molecular flexibility index (Phi) is 12.3. The van der Waals surface area contributed by atoms with Crippen LogP contribution in [0.25, 0.3) is 0 Å². The van der Waals surface area contributed by atoms with Crippen molar-refractivity contribution in [2.45, 2.75) is 59.3 Å². The summed E-state index contributed by atoms with van der Waals surface area (Å²) in [6.45, 7) is 11.1. The molecule has 0 bridgehead atoms. The van der Waals surface area contributed by atoms with E-state index in [0.29, 0.717) is 0 Å². The van der Waals surface area contributed by atoms with Gasteiger partial charge in [-0.15, -0.1) is 0 Å². The molecule has 0 heterocycles. The van der Waals surface area contributed by atoms with Gasteiger partial charge in [0.05, 0.1) is 0 Å². The van der Waals surface area contributed by atoms with E-state index < -0.39 is 0 Å². The molecule has 17 heavy (non-hydrogen) atoms. The zero-order valence-electron chi connectivity index (χ0n) is 12.5. The van der Waals surface area contributed by atoms with Crippen LogP contribution in [0.4, 0.5) is 0 Å². The number of hydrogen-bond acceptors (Lipinski definition) is 2. The third-order valence-corrected chi connectivity index (χ3v) is 3.00. The Morgan fingerprint density at radius 1 is 0.941 bits per heavy atom. The van der Waals surface area contributed by atoms with Gasteiger partial charge in [0.2, 0.25) is 0 Å². The summed E-state index contributed by atoms with van der Waals surface area (Å²) in [7, 11) is 2.20. The summed E-state index contributed by atoms with van der Waals surface area (Å²) < 4.78 is 5.64. The summed E-state index contributed by atoms with van der Waals surface area (Å²) >= 11 is 0. The molecule has 0 fully saturated rings. The van der Waals surface area contributed by atoms with Gasteiger partial charge in [-0.25, -0.2) is 0 Å². The minimum Gasteiger partial charge on any atom is -0.381 e. The fraction of sp³-hybridized carbons (Fsp3) is 1.00. The van der Waals surface area contributed by atoms with Crippen molar-refractivity contribution < 1.29 is 4.74 Å². The average Bonchev–Trinajstić information content (AvgIpc) is 2.27. The van der Waals surface area contributed by atoms with Crippen LogP contribution in [0.1, 0.15) is 59.3 Å². The number of nitrogens with zero attached hydrogens (tertiary/aromatic N) is 1. The molecule has 104 valence electrons. The highest BCUT2D eigenvalue weighted by Gasteiger charge is 1.97. The van der Waals surface area contributed by atoms with E-state index in [9.17, 15) is 0 Å². The van der Waals surface area contributed by atoms with Gasteiger partial charge in [-0.2, -0.15) is 0 Å². The van der Waals surface area contributed by atoms with Gasteiger partial charge >= 0.3 is 0 Å². The van der Waals surface area contributed by atoms with Crippen molar-refractivity contribution in [3.63, 3.8) is 0 Å². The third-order valence-electron chi connectivity index (χ3n) is 3.00. The van der Waals surface area contributed by atoms with E-state index in [4.69, 9.17) is 4.74 Å². The van der Waals surface area contributed by atoms with E-state index >= 15 is 0 Å². The topological polar surface area (TPSA) is 12.5 Å². The van der Waals surface area contributed by atoms with Crippen LogP contribution in [0.5, 0.6) is 0 Å². The van der Waals surface area contributed by atoms with Crippen molar-refractivity contribution in [3.05, 3.63) is 0 Å². The Morgan fingerprint density at radius 2 is 1.59 bits per heavy atom. The van der Waals surface area contributed by atoms with Crippen molar-refractivity contribution in [2.24, 2.45) is 5.92 Å². The first-order valence-corrected chi connectivity index (χ1v) is 7.43. The molecule has 0 saturated heterocycles. The minimum absolute atomic E-state index is 0.837. The number of rotatable bonds is 12. The monoisotopic (exact) mass is 243 g/mol. The molecular formula is C15H33NO. The maximum Gasteiger partial charge on any atom is 0.0466 e. The second-order valence-corrected chi connectivity index (χ2v) is 5.51. The molecule has 0 N–H and O–H groups in total. The predicted octanol–water partition coefficient (Wildman–Crippen LogP) is 3.95. The normalized spacial score (nSPS) is 11.6. The van der Waals surface area contributed by atoms with Crippen LogP contribution in [0.2, 0.25) is 0 Å². The van der Waals surface area contributed by atoms with Crippen molar-refractivity contribution >= 4 is 0 Å². The number of ether oxygens (including phenoxy) is 1. The molecule has 0 amide bonds. The Hall–Kier alpha value is -0.0800. The van der Waals surface area contributed by atoms with E-state index in [0.717, 1.165) is 19.1 Å². The maximum absolute atomic E-state index is 5.64. The molecule has 0 aliphatic rings. The van der Waals surface area contributed by atoms with E-state index in [-0.39, 0.29) is 0 Å². The standard InChI is InChI=1S/C15H33NO/c1-5-11-16(4)12-7-9-14-17-13-8-6-10-15(2)3/h15H,5-14H2,1-4H3. The Labute approximate surface area is 109 Å². The fourth-order valence-electron chi connectivity index (χ4n) is 1.94. The van der Waals surface area contributed by atoms with Crippen LogP contribution in [0.15, 0.2) is 0 Å². The Morgan fingerprint density at radius 3 is 2.18 bits per heavy atom. The lowest BCUT2D eigenvalue weighted by Crippen LogP contribution is -2.20. The largest absolute Gasteiger partial charge is 0.381 e. The number of unbranched alkanes of at least 4 members (excludes halogenated alkanes) is 2. The van der Waals surface area contributed by atoms with Gasteiger partial charge in [-0.1, -0.05) is 33.6 Å². The van der Waals surface area contributed by atoms with Crippen LogP contribution in [0, 0.1) is 5.92 Å². The second kappa shape index (κ2) is 12.4. The molecule has 0 saturated carbocycles. The lowest BCUT2D eigenvalue weighted by molar-refractivity contribution is 0.123. The van der Waals surface area contributed by atoms with Crippen LogP contribution >= 0.6 is 0 Å². The number of hydrogen-bond donors (Lipinski definition) is 0. The van der Waals surface area contributed by atoms with Gasteiger partial charge in [0.1, 0.15) is 0 Å². The molecule has 0 spiro atoms. The van der Waals surface area contributed by atoms with Gasteiger partial charge in [-0.3, -0.25) is 0 Å². The predicted molar refractivity (Wildman–Crippen MR) is 76.5 cm³/mol. The molecule has 0 aromatic heterocycles. The van der Waals surface area contributed by atoms with Gasteiger partial charge in [0, 0.05) is 13.2 Å². The summed E-state index contributed by atoms with van der Waals surface area (Å²) in [4.78, 5) is 2.41. The zero-order chi connectivity index (χ0) is 12.9. The molecule has 0 aromatic carbocycles. The van der Waals surface area contributed by atoms with Crippen LogP contribution < -0.4 is 0 Å². The third kappa shape index (κ3) is 13.9. The van der Waals surface area contributed by atoms with E-state index in [1.165, 1.54) is 51.6 Å². The highest BCUT2D eigenvalue weighted by atomic mass is 16.5. The highest BCUT2D eigenvalue weighted by Crippen LogP contribution is 2.06. The van der Waals surface area contributed by atoms with Crippen molar-refractivity contribution in [1.29, 1.82) is 0 Å². The highest BCUT2D eigenvalue weighted by molar-refractivity contribution is 4.50. The molecule has 2 heteroatoms. The molecule has 0 radical (unpaired) electrons. The first-order chi connectivity index (χ1) is 8.16. The molecule has 0 aliphatic carbocycles.